The molecule has 0 saturated carbocycles. The van der Waals surface area contributed by atoms with Crippen molar-refractivity contribution >= 4 is 11.9 Å². The highest BCUT2D eigenvalue weighted by atomic mass is 16.5. The van der Waals surface area contributed by atoms with Crippen LogP contribution in [0.1, 0.15) is 27.7 Å². The third-order valence-electron chi connectivity index (χ3n) is 3.20. The summed E-state index contributed by atoms with van der Waals surface area (Å²) >= 11 is 0. The van der Waals surface area contributed by atoms with Gasteiger partial charge in [-0.2, -0.15) is 0 Å². The largest absolute Gasteiger partial charge is 0.480 e. The number of carboxylic acid groups (broad SMARTS) is 1. The van der Waals surface area contributed by atoms with E-state index in [9.17, 15) is 9.59 Å². The fraction of sp³-hybridized carbons (Fsp3) is 0.846. The molecule has 19 heavy (non-hydrogen) atoms. The van der Waals surface area contributed by atoms with Gasteiger partial charge in [-0.05, 0) is 27.7 Å². The Morgan fingerprint density at radius 3 is 2.16 bits per heavy atom. The van der Waals surface area contributed by atoms with Crippen LogP contribution < -0.4 is 0 Å². The van der Waals surface area contributed by atoms with Crippen LogP contribution in [0.4, 0.5) is 0 Å². The highest BCUT2D eigenvalue weighted by Gasteiger charge is 2.27. The van der Waals surface area contributed by atoms with Crippen molar-refractivity contribution in [2.45, 2.75) is 39.3 Å². The van der Waals surface area contributed by atoms with Crippen molar-refractivity contribution < 1.29 is 19.4 Å². The Kier molecular flexibility index (Phi) is 5.31. The van der Waals surface area contributed by atoms with Gasteiger partial charge in [-0.25, -0.2) is 0 Å². The van der Waals surface area contributed by atoms with Gasteiger partial charge in [0.2, 0.25) is 5.91 Å². The molecule has 6 nitrogen and oxygen atoms in total. The number of nitrogens with zero attached hydrogens (tertiary/aromatic N) is 2. The van der Waals surface area contributed by atoms with Gasteiger partial charge in [0.1, 0.15) is 12.6 Å². The molecule has 0 spiro atoms. The maximum atomic E-state index is 11.9. The van der Waals surface area contributed by atoms with Crippen LogP contribution in [0, 0.1) is 0 Å². The molecule has 0 aliphatic carbocycles. The van der Waals surface area contributed by atoms with E-state index in [0.29, 0.717) is 26.2 Å². The highest BCUT2D eigenvalue weighted by molar-refractivity contribution is 5.77. The summed E-state index contributed by atoms with van der Waals surface area (Å²) < 4.78 is 5.46. The van der Waals surface area contributed by atoms with E-state index in [1.807, 2.05) is 25.7 Å². The van der Waals surface area contributed by atoms with E-state index >= 15 is 0 Å². The first-order valence-electron chi connectivity index (χ1n) is 6.59. The van der Waals surface area contributed by atoms with Crippen molar-refractivity contribution in [3.63, 3.8) is 0 Å². The Bertz CT molecular complexity index is 330. The zero-order valence-electron chi connectivity index (χ0n) is 12.2. The van der Waals surface area contributed by atoms with Crippen LogP contribution in [0.15, 0.2) is 0 Å². The number of ether oxygens (including phenoxy) is 1. The lowest BCUT2D eigenvalue weighted by Crippen LogP contribution is -2.53. The first-order chi connectivity index (χ1) is 8.70. The lowest BCUT2D eigenvalue weighted by atomic mass is 10.2. The van der Waals surface area contributed by atoms with E-state index in [4.69, 9.17) is 9.84 Å². The Morgan fingerprint density at radius 1 is 1.21 bits per heavy atom. The van der Waals surface area contributed by atoms with E-state index < -0.39 is 12.0 Å². The second-order valence-electron chi connectivity index (χ2n) is 5.83. The van der Waals surface area contributed by atoms with Gasteiger partial charge in [0.25, 0.3) is 0 Å². The zero-order chi connectivity index (χ0) is 14.6. The smallest absolute Gasteiger partial charge is 0.320 e. The molecular weight excluding hydrogens is 248 g/mol. The lowest BCUT2D eigenvalue weighted by molar-refractivity contribution is -0.146. The molecule has 1 aliphatic heterocycles. The average molecular weight is 272 g/mol. The normalized spacial score (nSPS) is 19.3. The molecule has 1 rings (SSSR count). The number of piperazine rings is 1. The Labute approximate surface area is 114 Å². The van der Waals surface area contributed by atoms with Crippen molar-refractivity contribution in [3.05, 3.63) is 0 Å². The molecule has 0 radical (unpaired) electrons. The molecule has 1 saturated heterocycles. The molecule has 1 N–H and O–H groups in total. The number of carbonyl (C=O) groups is 2. The second kappa shape index (κ2) is 6.34. The van der Waals surface area contributed by atoms with Crippen molar-refractivity contribution in [1.29, 1.82) is 0 Å². The molecule has 1 aliphatic rings. The van der Waals surface area contributed by atoms with E-state index in [-0.39, 0.29) is 18.1 Å². The molecule has 1 amide bonds. The molecule has 110 valence electrons. The summed E-state index contributed by atoms with van der Waals surface area (Å²) in [6, 6.07) is -0.497. The van der Waals surface area contributed by atoms with Crippen LogP contribution in [0.3, 0.4) is 0 Å². The fourth-order valence-corrected chi connectivity index (χ4v) is 1.88. The standard InChI is InChI=1S/C13H24N2O4/c1-10(12(17)18)14-5-7-15(8-6-14)11(16)9-19-13(2,3)4/h10H,5-9H2,1-4H3,(H,17,18). The summed E-state index contributed by atoms with van der Waals surface area (Å²) in [7, 11) is 0. The molecule has 1 heterocycles. The van der Waals surface area contributed by atoms with Crippen molar-refractivity contribution in [2.24, 2.45) is 0 Å². The Balaban J connectivity index is 2.37. The summed E-state index contributed by atoms with van der Waals surface area (Å²) in [5.74, 6) is -0.853. The fourth-order valence-electron chi connectivity index (χ4n) is 1.88. The molecule has 0 aromatic heterocycles. The molecule has 1 unspecified atom stereocenters. The lowest BCUT2D eigenvalue weighted by Gasteiger charge is -2.36. The summed E-state index contributed by atoms with van der Waals surface area (Å²) in [4.78, 5) is 26.4. The van der Waals surface area contributed by atoms with Crippen LogP contribution in [0.2, 0.25) is 0 Å². The van der Waals surface area contributed by atoms with Gasteiger partial charge in [0.05, 0.1) is 5.60 Å². The Hall–Kier alpha value is -1.14. The predicted molar refractivity (Wildman–Crippen MR) is 71.0 cm³/mol. The maximum Gasteiger partial charge on any atom is 0.320 e. The van der Waals surface area contributed by atoms with E-state index in [1.54, 1.807) is 11.8 Å². The molecule has 1 atom stereocenters. The molecule has 6 heteroatoms. The molecule has 0 aromatic carbocycles. The van der Waals surface area contributed by atoms with Crippen LogP contribution in [0.25, 0.3) is 0 Å². The topological polar surface area (TPSA) is 70.1 Å². The molecule has 0 aromatic rings. The maximum absolute atomic E-state index is 11.9. The summed E-state index contributed by atoms with van der Waals surface area (Å²) in [5, 5.41) is 8.94. The minimum atomic E-state index is -0.823. The quantitative estimate of drug-likeness (QED) is 0.803. The van der Waals surface area contributed by atoms with E-state index in [1.165, 1.54) is 0 Å². The SMILES string of the molecule is CC(C(=O)O)N1CCN(C(=O)COC(C)(C)C)CC1. The Morgan fingerprint density at radius 2 is 1.74 bits per heavy atom. The van der Waals surface area contributed by atoms with Gasteiger partial charge in [-0.15, -0.1) is 0 Å². The van der Waals surface area contributed by atoms with Gasteiger partial charge >= 0.3 is 5.97 Å². The number of carbonyl (C=O) groups excluding carboxylic acids is 1. The molecule has 0 bridgehead atoms. The number of aliphatic carboxylic acids is 1. The van der Waals surface area contributed by atoms with Crippen LogP contribution in [-0.2, 0) is 14.3 Å². The summed E-state index contributed by atoms with van der Waals surface area (Å²) in [5.41, 5.74) is -0.324. The van der Waals surface area contributed by atoms with Gasteiger partial charge < -0.3 is 14.7 Å². The minimum absolute atomic E-state index is 0.0300. The van der Waals surface area contributed by atoms with Crippen molar-refractivity contribution in [2.75, 3.05) is 32.8 Å². The first kappa shape index (κ1) is 15.9. The van der Waals surface area contributed by atoms with Crippen LogP contribution >= 0.6 is 0 Å². The van der Waals surface area contributed by atoms with Gasteiger partial charge in [0.15, 0.2) is 0 Å². The molecular formula is C13H24N2O4. The van der Waals surface area contributed by atoms with Crippen molar-refractivity contribution in [1.82, 2.24) is 9.80 Å². The average Bonchev–Trinajstić information content (AvgIpc) is 2.34. The third kappa shape index (κ3) is 5.16. The van der Waals surface area contributed by atoms with Crippen molar-refractivity contribution in [3.8, 4) is 0 Å². The molecule has 1 fully saturated rings. The second-order valence-corrected chi connectivity index (χ2v) is 5.83. The number of carboxylic acids is 1. The van der Waals surface area contributed by atoms with Gasteiger partial charge in [-0.3, -0.25) is 14.5 Å². The number of amides is 1. The monoisotopic (exact) mass is 272 g/mol. The van der Waals surface area contributed by atoms with E-state index in [2.05, 4.69) is 0 Å². The third-order valence-corrected chi connectivity index (χ3v) is 3.20. The minimum Gasteiger partial charge on any atom is -0.480 e. The predicted octanol–water partition coefficient (Wildman–Crippen LogP) is 0.419. The number of hydrogen-bond donors (Lipinski definition) is 1. The summed E-state index contributed by atoms with van der Waals surface area (Å²) in [6.45, 7) is 9.78. The van der Waals surface area contributed by atoms with Gasteiger partial charge in [-0.1, -0.05) is 0 Å². The van der Waals surface area contributed by atoms with E-state index in [0.717, 1.165) is 0 Å². The first-order valence-corrected chi connectivity index (χ1v) is 6.59. The highest BCUT2D eigenvalue weighted by Crippen LogP contribution is 2.10. The summed E-state index contributed by atoms with van der Waals surface area (Å²) in [6.07, 6.45) is 0. The van der Waals surface area contributed by atoms with Crippen LogP contribution in [0.5, 0.6) is 0 Å². The van der Waals surface area contributed by atoms with Crippen LogP contribution in [-0.4, -0.2) is 71.2 Å². The zero-order valence-corrected chi connectivity index (χ0v) is 12.2. The number of rotatable bonds is 4. The van der Waals surface area contributed by atoms with Gasteiger partial charge in [0, 0.05) is 26.2 Å². The number of hydrogen-bond acceptors (Lipinski definition) is 4.